The molecule has 0 unspecified atom stereocenters. The number of quaternary nitrogens is 2. The van der Waals surface area contributed by atoms with Gasteiger partial charge in [0, 0.05) is 5.69 Å². The third-order valence-electron chi connectivity index (χ3n) is 5.49. The zero-order chi connectivity index (χ0) is 21.5. The van der Waals surface area contributed by atoms with Gasteiger partial charge in [-0.1, -0.05) is 55.8 Å². The van der Waals surface area contributed by atoms with Crippen molar-refractivity contribution in [3.05, 3.63) is 59.1 Å². The monoisotopic (exact) mass is 430 g/mol. The Morgan fingerprint density at radius 3 is 1.83 bits per heavy atom. The summed E-state index contributed by atoms with van der Waals surface area (Å²) in [4.78, 5) is 27.3. The molecular weight excluding hydrogens is 400 g/mol. The summed E-state index contributed by atoms with van der Waals surface area (Å²) in [6.45, 7) is 8.57. The molecule has 0 aliphatic carbocycles. The number of carbonyl (C=O) groups excluding carboxylic acids is 2. The van der Waals surface area contributed by atoms with E-state index in [9.17, 15) is 9.59 Å². The lowest BCUT2D eigenvalue weighted by atomic mass is 10.0. The molecule has 1 aliphatic rings. The molecule has 2 aromatic carbocycles. The number of hydrogen-bond donors (Lipinski definition) is 4. The minimum Gasteiger partial charge on any atom is -0.321 e. The molecule has 1 heterocycles. The summed E-state index contributed by atoms with van der Waals surface area (Å²) < 4.78 is 0. The second kappa shape index (κ2) is 10.6. The minimum absolute atomic E-state index is 0.0374. The number of halogens is 1. The van der Waals surface area contributed by atoms with E-state index < -0.39 is 0 Å². The van der Waals surface area contributed by atoms with E-state index in [0.29, 0.717) is 29.7 Å². The Morgan fingerprint density at radius 1 is 0.833 bits per heavy atom. The van der Waals surface area contributed by atoms with Gasteiger partial charge in [0.15, 0.2) is 13.1 Å². The van der Waals surface area contributed by atoms with Crippen molar-refractivity contribution in [1.82, 2.24) is 0 Å². The van der Waals surface area contributed by atoms with E-state index in [2.05, 4.69) is 30.5 Å². The van der Waals surface area contributed by atoms with Crippen LogP contribution in [0.4, 0.5) is 11.4 Å². The molecule has 30 heavy (non-hydrogen) atoms. The molecule has 6 nitrogen and oxygen atoms in total. The summed E-state index contributed by atoms with van der Waals surface area (Å²) >= 11 is 6.10. The van der Waals surface area contributed by atoms with Crippen molar-refractivity contribution in [2.75, 3.05) is 49.9 Å². The lowest BCUT2D eigenvalue weighted by Crippen LogP contribution is -3.28. The van der Waals surface area contributed by atoms with Crippen molar-refractivity contribution < 1.29 is 19.4 Å². The Kier molecular flexibility index (Phi) is 7.85. The third-order valence-corrected chi connectivity index (χ3v) is 5.82. The van der Waals surface area contributed by atoms with Crippen LogP contribution in [0.1, 0.15) is 25.3 Å². The molecule has 160 valence electrons. The Labute approximate surface area is 183 Å². The number of benzene rings is 2. The number of hydrogen-bond acceptors (Lipinski definition) is 2. The van der Waals surface area contributed by atoms with E-state index in [-0.39, 0.29) is 11.8 Å². The first-order chi connectivity index (χ1) is 14.4. The molecule has 2 amide bonds. The number of piperazine rings is 1. The van der Waals surface area contributed by atoms with Crippen molar-refractivity contribution in [1.29, 1.82) is 0 Å². The third kappa shape index (κ3) is 6.29. The van der Waals surface area contributed by atoms with Crippen molar-refractivity contribution in [3.63, 3.8) is 0 Å². The van der Waals surface area contributed by atoms with Crippen LogP contribution in [0.2, 0.25) is 5.02 Å². The largest absolute Gasteiger partial charge is 0.321 e. The van der Waals surface area contributed by atoms with Crippen molar-refractivity contribution in [2.24, 2.45) is 0 Å². The number of nitrogens with one attached hydrogen (secondary N) is 4. The number of carbonyl (C=O) groups is 2. The molecule has 1 aliphatic heterocycles. The molecule has 0 spiro atoms. The van der Waals surface area contributed by atoms with Gasteiger partial charge >= 0.3 is 0 Å². The molecule has 0 atom stereocenters. The Balaban J connectivity index is 1.43. The van der Waals surface area contributed by atoms with Crippen LogP contribution < -0.4 is 20.4 Å². The van der Waals surface area contributed by atoms with Gasteiger partial charge in [-0.25, -0.2) is 0 Å². The highest BCUT2D eigenvalue weighted by molar-refractivity contribution is 6.33. The fraction of sp³-hybridized carbons (Fsp3) is 0.391. The summed E-state index contributed by atoms with van der Waals surface area (Å²) in [5.41, 5.74) is 2.70. The number of anilines is 2. The van der Waals surface area contributed by atoms with E-state index >= 15 is 0 Å². The normalized spacial score (nSPS) is 18.8. The van der Waals surface area contributed by atoms with Gasteiger partial charge in [0.25, 0.3) is 11.8 Å². The second-order valence-corrected chi connectivity index (χ2v) is 8.58. The summed E-state index contributed by atoms with van der Waals surface area (Å²) in [7, 11) is 0. The maximum absolute atomic E-state index is 12.5. The van der Waals surface area contributed by atoms with Gasteiger partial charge in [0.1, 0.15) is 26.2 Å². The summed E-state index contributed by atoms with van der Waals surface area (Å²) in [5.74, 6) is 0.362. The topological polar surface area (TPSA) is 67.1 Å². The maximum atomic E-state index is 12.5. The molecule has 1 saturated heterocycles. The molecule has 1 fully saturated rings. The first-order valence-corrected chi connectivity index (χ1v) is 10.9. The second-order valence-electron chi connectivity index (χ2n) is 8.17. The highest BCUT2D eigenvalue weighted by Gasteiger charge is 2.26. The summed E-state index contributed by atoms with van der Waals surface area (Å²) in [6, 6.07) is 15.2. The summed E-state index contributed by atoms with van der Waals surface area (Å²) in [5, 5.41) is 6.49. The van der Waals surface area contributed by atoms with E-state index in [1.165, 1.54) is 9.80 Å². The molecular formula is C23H31ClN4O2+2. The quantitative estimate of drug-likeness (QED) is 0.525. The highest BCUT2D eigenvalue weighted by atomic mass is 35.5. The SMILES string of the molecule is CC(C)c1ccccc1NC(=O)C[NH+]1CC[NH+](CC(=O)Nc2ccccc2Cl)CC1. The highest BCUT2D eigenvalue weighted by Crippen LogP contribution is 2.23. The standard InChI is InChI=1S/C23H29ClN4O2/c1-17(2)18-7-3-5-9-20(18)25-22(29)15-27-11-13-28(14-12-27)16-23(30)26-21-10-6-4-8-19(21)24/h3-10,17H,11-16H2,1-2H3,(H,25,29)(H,26,30)/p+2. The summed E-state index contributed by atoms with van der Waals surface area (Å²) in [6.07, 6.45) is 0. The van der Waals surface area contributed by atoms with Crippen LogP contribution >= 0.6 is 11.6 Å². The molecule has 7 heteroatoms. The van der Waals surface area contributed by atoms with Crippen LogP contribution in [0.25, 0.3) is 0 Å². The van der Waals surface area contributed by atoms with Crippen molar-refractivity contribution in [3.8, 4) is 0 Å². The molecule has 3 rings (SSSR count). The Hall–Kier alpha value is -2.41. The Bertz CT molecular complexity index is 879. The van der Waals surface area contributed by atoms with E-state index in [1.807, 2.05) is 30.3 Å². The van der Waals surface area contributed by atoms with Gasteiger partial charge in [-0.3, -0.25) is 9.59 Å². The fourth-order valence-corrected chi connectivity index (χ4v) is 4.01. The average Bonchev–Trinajstić information content (AvgIpc) is 2.71. The lowest BCUT2D eigenvalue weighted by Gasteiger charge is -2.29. The van der Waals surface area contributed by atoms with Crippen molar-refractivity contribution >= 4 is 34.8 Å². The van der Waals surface area contributed by atoms with Gasteiger partial charge in [-0.05, 0) is 29.7 Å². The zero-order valence-electron chi connectivity index (χ0n) is 17.6. The lowest BCUT2D eigenvalue weighted by molar-refractivity contribution is -1.00. The number of amides is 2. The average molecular weight is 431 g/mol. The Morgan fingerprint density at radius 2 is 1.30 bits per heavy atom. The van der Waals surface area contributed by atoms with Crippen molar-refractivity contribution in [2.45, 2.75) is 19.8 Å². The first kappa shape index (κ1) is 22.3. The molecule has 0 saturated carbocycles. The van der Waals surface area contributed by atoms with Crippen LogP contribution in [0.15, 0.2) is 48.5 Å². The van der Waals surface area contributed by atoms with Crippen LogP contribution in [0.5, 0.6) is 0 Å². The smallest absolute Gasteiger partial charge is 0.279 e. The van der Waals surface area contributed by atoms with E-state index in [4.69, 9.17) is 11.6 Å². The maximum Gasteiger partial charge on any atom is 0.279 e. The fourth-order valence-electron chi connectivity index (χ4n) is 3.83. The number of rotatable bonds is 7. The molecule has 0 radical (unpaired) electrons. The van der Waals surface area contributed by atoms with E-state index in [0.717, 1.165) is 37.4 Å². The van der Waals surface area contributed by atoms with Gasteiger partial charge in [-0.2, -0.15) is 0 Å². The molecule has 2 aromatic rings. The van der Waals surface area contributed by atoms with Gasteiger partial charge < -0.3 is 20.4 Å². The first-order valence-electron chi connectivity index (χ1n) is 10.5. The number of para-hydroxylation sites is 2. The van der Waals surface area contributed by atoms with E-state index in [1.54, 1.807) is 12.1 Å². The van der Waals surface area contributed by atoms with Gasteiger partial charge in [0.2, 0.25) is 0 Å². The van der Waals surface area contributed by atoms with Crippen LogP contribution in [-0.2, 0) is 9.59 Å². The molecule has 0 bridgehead atoms. The predicted octanol–water partition coefficient (Wildman–Crippen LogP) is 0.824. The minimum atomic E-state index is -0.0374. The molecule has 0 aromatic heterocycles. The van der Waals surface area contributed by atoms with Gasteiger partial charge in [0.05, 0.1) is 10.7 Å². The predicted molar refractivity (Wildman–Crippen MR) is 120 cm³/mol. The zero-order valence-corrected chi connectivity index (χ0v) is 18.4. The van der Waals surface area contributed by atoms with Crippen LogP contribution in [-0.4, -0.2) is 51.1 Å². The van der Waals surface area contributed by atoms with Crippen LogP contribution in [0.3, 0.4) is 0 Å². The van der Waals surface area contributed by atoms with Gasteiger partial charge in [-0.15, -0.1) is 0 Å². The molecule has 4 N–H and O–H groups in total. The van der Waals surface area contributed by atoms with Crippen LogP contribution in [0, 0.1) is 0 Å².